The van der Waals surface area contributed by atoms with Gasteiger partial charge in [0.2, 0.25) is 0 Å². The first-order valence-corrected chi connectivity index (χ1v) is 5.63. The predicted molar refractivity (Wildman–Crippen MR) is 64.8 cm³/mol. The minimum atomic E-state index is -0.605. The van der Waals surface area contributed by atoms with Crippen molar-refractivity contribution in [3.05, 3.63) is 0 Å². The first-order chi connectivity index (χ1) is 8.12. The van der Waals surface area contributed by atoms with E-state index >= 15 is 0 Å². The average Bonchev–Trinajstić information content (AvgIpc) is 2.31. The summed E-state index contributed by atoms with van der Waals surface area (Å²) in [5.74, 6) is -0.128. The quantitative estimate of drug-likeness (QED) is 0.594. The second-order valence-electron chi connectivity index (χ2n) is 3.79. The fourth-order valence-corrected chi connectivity index (χ4v) is 1.55. The number of ether oxygens (including phenoxy) is 3. The first kappa shape index (κ1) is 16.3. The highest BCUT2D eigenvalue weighted by atomic mass is 16.5. The summed E-state index contributed by atoms with van der Waals surface area (Å²) >= 11 is 0. The third-order valence-electron chi connectivity index (χ3n) is 2.53. The van der Waals surface area contributed by atoms with Crippen molar-refractivity contribution in [3.63, 3.8) is 0 Å². The lowest BCUT2D eigenvalue weighted by Crippen LogP contribution is -2.50. The number of nitrogens with two attached hydrogens (primary N) is 1. The van der Waals surface area contributed by atoms with Crippen molar-refractivity contribution in [1.29, 1.82) is 0 Å². The molecule has 6 heteroatoms. The van der Waals surface area contributed by atoms with Crippen LogP contribution in [0.25, 0.3) is 0 Å². The molecule has 0 heterocycles. The van der Waals surface area contributed by atoms with Crippen LogP contribution >= 0.6 is 0 Å². The third-order valence-corrected chi connectivity index (χ3v) is 2.53. The number of nitrogens with zero attached hydrogens (tertiary/aromatic N) is 1. The standard InChI is InChI=1S/C11H24N2O4/c1-9(8-16-3)13(5-6-15-2)11(14)10(7-12)17-4/h9-10H,5-8,12H2,1-4H3. The van der Waals surface area contributed by atoms with Gasteiger partial charge in [0.05, 0.1) is 19.3 Å². The zero-order valence-corrected chi connectivity index (χ0v) is 11.1. The Morgan fingerprint density at radius 3 is 2.35 bits per heavy atom. The van der Waals surface area contributed by atoms with Gasteiger partial charge < -0.3 is 24.8 Å². The van der Waals surface area contributed by atoms with Crippen molar-refractivity contribution in [1.82, 2.24) is 4.90 Å². The minimum Gasteiger partial charge on any atom is -0.383 e. The third kappa shape index (κ3) is 5.45. The Balaban J connectivity index is 4.58. The van der Waals surface area contributed by atoms with Crippen LogP contribution in [0.3, 0.4) is 0 Å². The Morgan fingerprint density at radius 2 is 1.94 bits per heavy atom. The molecule has 102 valence electrons. The second-order valence-corrected chi connectivity index (χ2v) is 3.79. The van der Waals surface area contributed by atoms with E-state index in [1.807, 2.05) is 6.92 Å². The zero-order chi connectivity index (χ0) is 13.3. The summed E-state index contributed by atoms with van der Waals surface area (Å²) in [5.41, 5.74) is 5.49. The normalized spacial score (nSPS) is 14.4. The summed E-state index contributed by atoms with van der Waals surface area (Å²) in [5, 5.41) is 0. The Labute approximate surface area is 103 Å². The van der Waals surface area contributed by atoms with E-state index in [1.165, 1.54) is 7.11 Å². The highest BCUT2D eigenvalue weighted by molar-refractivity contribution is 5.81. The van der Waals surface area contributed by atoms with E-state index in [-0.39, 0.29) is 18.5 Å². The molecule has 1 amide bonds. The smallest absolute Gasteiger partial charge is 0.253 e. The second kappa shape index (κ2) is 9.35. The maximum absolute atomic E-state index is 12.1. The monoisotopic (exact) mass is 248 g/mol. The highest BCUT2D eigenvalue weighted by Gasteiger charge is 2.26. The fourth-order valence-electron chi connectivity index (χ4n) is 1.55. The van der Waals surface area contributed by atoms with Gasteiger partial charge in [-0.3, -0.25) is 4.79 Å². The van der Waals surface area contributed by atoms with Crippen LogP contribution in [0.4, 0.5) is 0 Å². The van der Waals surface area contributed by atoms with E-state index in [2.05, 4.69) is 0 Å². The largest absolute Gasteiger partial charge is 0.383 e. The van der Waals surface area contributed by atoms with E-state index in [0.29, 0.717) is 19.8 Å². The Hall–Kier alpha value is -0.690. The Bertz CT molecular complexity index is 210. The van der Waals surface area contributed by atoms with Gasteiger partial charge in [0.1, 0.15) is 6.10 Å². The molecule has 0 aliphatic heterocycles. The van der Waals surface area contributed by atoms with E-state index < -0.39 is 6.10 Å². The minimum absolute atomic E-state index is 0.0353. The highest BCUT2D eigenvalue weighted by Crippen LogP contribution is 2.05. The molecule has 0 rings (SSSR count). The van der Waals surface area contributed by atoms with Crippen molar-refractivity contribution in [2.24, 2.45) is 5.73 Å². The van der Waals surface area contributed by atoms with Crippen molar-refractivity contribution < 1.29 is 19.0 Å². The van der Waals surface area contributed by atoms with E-state index in [1.54, 1.807) is 19.1 Å². The number of carbonyl (C=O) groups excluding carboxylic acids is 1. The molecule has 0 aromatic carbocycles. The molecule has 2 N–H and O–H groups in total. The summed E-state index contributed by atoms with van der Waals surface area (Å²) in [7, 11) is 4.68. The summed E-state index contributed by atoms with van der Waals surface area (Å²) in [6.45, 7) is 3.52. The molecule has 0 saturated heterocycles. The van der Waals surface area contributed by atoms with Crippen LogP contribution < -0.4 is 5.73 Å². The SMILES string of the molecule is COCCN(C(=O)C(CN)OC)C(C)COC. The van der Waals surface area contributed by atoms with Gasteiger partial charge in [-0.15, -0.1) is 0 Å². The molecular weight excluding hydrogens is 224 g/mol. The molecule has 17 heavy (non-hydrogen) atoms. The van der Waals surface area contributed by atoms with E-state index in [0.717, 1.165) is 0 Å². The first-order valence-electron chi connectivity index (χ1n) is 5.63. The van der Waals surface area contributed by atoms with Crippen LogP contribution in [0.2, 0.25) is 0 Å². The summed E-state index contributed by atoms with van der Waals surface area (Å²) in [6, 6.07) is -0.0353. The molecule has 0 fully saturated rings. The molecule has 0 saturated carbocycles. The zero-order valence-electron chi connectivity index (χ0n) is 11.1. The summed E-state index contributed by atoms with van der Waals surface area (Å²) < 4.78 is 15.1. The molecule has 0 bridgehead atoms. The van der Waals surface area contributed by atoms with Crippen molar-refractivity contribution in [3.8, 4) is 0 Å². The topological polar surface area (TPSA) is 74.0 Å². The average molecular weight is 248 g/mol. The number of rotatable bonds is 9. The van der Waals surface area contributed by atoms with Gasteiger partial charge in [-0.05, 0) is 6.92 Å². The van der Waals surface area contributed by atoms with Crippen molar-refractivity contribution >= 4 is 5.91 Å². The molecule has 6 nitrogen and oxygen atoms in total. The summed E-state index contributed by atoms with van der Waals surface area (Å²) in [4.78, 5) is 13.8. The van der Waals surface area contributed by atoms with Crippen LogP contribution in [0.1, 0.15) is 6.92 Å². The Kier molecular flexibility index (Phi) is 8.97. The number of carbonyl (C=O) groups is 1. The lowest BCUT2D eigenvalue weighted by atomic mass is 10.2. The van der Waals surface area contributed by atoms with Crippen molar-refractivity contribution in [2.75, 3.05) is 47.6 Å². The molecule has 2 unspecified atom stereocenters. The maximum Gasteiger partial charge on any atom is 0.253 e. The lowest BCUT2D eigenvalue weighted by Gasteiger charge is -2.31. The predicted octanol–water partition coefficient (Wildman–Crippen LogP) is -0.530. The van der Waals surface area contributed by atoms with Crippen LogP contribution in [0, 0.1) is 0 Å². The van der Waals surface area contributed by atoms with Crippen molar-refractivity contribution in [2.45, 2.75) is 19.1 Å². The molecular formula is C11H24N2O4. The molecule has 0 aromatic rings. The molecule has 0 radical (unpaired) electrons. The van der Waals surface area contributed by atoms with Gasteiger partial charge in [-0.1, -0.05) is 0 Å². The van der Waals surface area contributed by atoms with Gasteiger partial charge in [-0.25, -0.2) is 0 Å². The molecule has 0 aliphatic carbocycles. The van der Waals surface area contributed by atoms with Crippen LogP contribution in [0.15, 0.2) is 0 Å². The lowest BCUT2D eigenvalue weighted by molar-refractivity contribution is -0.145. The molecule has 0 spiro atoms. The van der Waals surface area contributed by atoms with Crippen LogP contribution in [0.5, 0.6) is 0 Å². The van der Waals surface area contributed by atoms with E-state index in [9.17, 15) is 4.79 Å². The molecule has 0 aliphatic rings. The fraction of sp³-hybridized carbons (Fsp3) is 0.909. The summed E-state index contributed by atoms with van der Waals surface area (Å²) in [6.07, 6.45) is -0.605. The number of hydrogen-bond donors (Lipinski definition) is 1. The van der Waals surface area contributed by atoms with Crippen LogP contribution in [-0.2, 0) is 19.0 Å². The molecule has 0 aromatic heterocycles. The number of hydrogen-bond acceptors (Lipinski definition) is 5. The van der Waals surface area contributed by atoms with Gasteiger partial charge in [0, 0.05) is 34.4 Å². The van der Waals surface area contributed by atoms with Gasteiger partial charge in [0.25, 0.3) is 5.91 Å². The van der Waals surface area contributed by atoms with Gasteiger partial charge in [0.15, 0.2) is 0 Å². The Morgan fingerprint density at radius 1 is 1.29 bits per heavy atom. The van der Waals surface area contributed by atoms with Crippen LogP contribution in [-0.4, -0.2) is 70.6 Å². The van der Waals surface area contributed by atoms with E-state index in [4.69, 9.17) is 19.9 Å². The van der Waals surface area contributed by atoms with Gasteiger partial charge >= 0.3 is 0 Å². The molecule has 2 atom stereocenters. The number of methoxy groups -OCH3 is 3. The van der Waals surface area contributed by atoms with Gasteiger partial charge in [-0.2, -0.15) is 0 Å². The maximum atomic E-state index is 12.1. The number of amides is 1.